The fraction of sp³-hybridized carbons (Fsp3) is 0.318. The Morgan fingerprint density at radius 2 is 1.89 bits per heavy atom. The number of ether oxygens (including phenoxy) is 2. The van der Waals surface area contributed by atoms with Crippen molar-refractivity contribution in [2.45, 2.75) is 25.4 Å². The Labute approximate surface area is 158 Å². The lowest BCUT2D eigenvalue weighted by Gasteiger charge is -2.40. The van der Waals surface area contributed by atoms with E-state index in [1.165, 1.54) is 24.2 Å². The Balaban J connectivity index is 1.56. The number of hydrogen-bond donors (Lipinski definition) is 1. The maximum Gasteiger partial charge on any atom is 0.171 e. The molecular weight excluding hydrogens is 338 g/mol. The number of fused-ring (bicyclic) bond motifs is 2. The summed E-state index contributed by atoms with van der Waals surface area (Å²) in [6.45, 7) is 2.70. The van der Waals surface area contributed by atoms with Crippen LogP contribution in [0.5, 0.6) is 11.5 Å². The Morgan fingerprint density at radius 3 is 2.67 bits per heavy atom. The molecule has 1 aromatic heterocycles. The molecule has 0 radical (unpaired) electrons. The molecule has 1 fully saturated rings. The van der Waals surface area contributed by atoms with Crippen molar-refractivity contribution >= 4 is 5.69 Å². The number of nitrogens with one attached hydrogen (secondary N) is 1. The van der Waals surface area contributed by atoms with Crippen LogP contribution >= 0.6 is 0 Å². The summed E-state index contributed by atoms with van der Waals surface area (Å²) >= 11 is 0. The van der Waals surface area contributed by atoms with Gasteiger partial charge in [-0.15, -0.1) is 0 Å². The lowest BCUT2D eigenvalue weighted by atomic mass is 9.86. The summed E-state index contributed by atoms with van der Waals surface area (Å²) in [6, 6.07) is 16.2. The minimum Gasteiger partial charge on any atom is -0.493 e. The summed E-state index contributed by atoms with van der Waals surface area (Å²) in [6.07, 6.45) is 2.42. The molecule has 3 aromatic rings. The minimum absolute atomic E-state index is 0.493. The van der Waals surface area contributed by atoms with E-state index >= 15 is 0 Å². The van der Waals surface area contributed by atoms with Gasteiger partial charge in [0.05, 0.1) is 24.1 Å². The molecule has 6 rings (SSSR count). The molecule has 138 valence electrons. The summed E-state index contributed by atoms with van der Waals surface area (Å²) in [5, 5.41) is 8.00. The fourth-order valence-corrected chi connectivity index (χ4v) is 4.28. The summed E-state index contributed by atoms with van der Waals surface area (Å²) in [5.74, 6) is 2.09. The summed E-state index contributed by atoms with van der Waals surface area (Å²) in [4.78, 5) is 2.45. The third-order valence-electron chi connectivity index (χ3n) is 5.67. The molecule has 3 aliphatic heterocycles. The SMILES string of the molecule is COc1cccc(-c2n[nH]c3c2N2CCC3CC2)c1OCc1ccccc1. The van der Waals surface area contributed by atoms with Crippen molar-refractivity contribution in [3.05, 3.63) is 59.8 Å². The van der Waals surface area contributed by atoms with Crippen LogP contribution in [0, 0.1) is 0 Å². The van der Waals surface area contributed by atoms with Gasteiger partial charge in [0.15, 0.2) is 11.5 Å². The van der Waals surface area contributed by atoms with Gasteiger partial charge in [-0.05, 0) is 30.5 Å². The van der Waals surface area contributed by atoms with Crippen LogP contribution in [-0.4, -0.2) is 30.4 Å². The standard InChI is InChI=1S/C22H23N3O2/c1-26-18-9-5-8-17(22(18)27-14-15-6-3-2-4-7-15)20-21-19(23-24-20)16-10-12-25(21)13-11-16/h2-9,16H,10-14H2,1H3,(H,23,24). The number of aromatic nitrogens is 2. The molecule has 0 aliphatic carbocycles. The van der Waals surface area contributed by atoms with Crippen LogP contribution in [0.1, 0.15) is 30.0 Å². The number of nitrogens with zero attached hydrogens (tertiary/aromatic N) is 2. The molecule has 0 unspecified atom stereocenters. The van der Waals surface area contributed by atoms with Crippen molar-refractivity contribution in [3.63, 3.8) is 0 Å². The third kappa shape index (κ3) is 2.74. The Kier molecular flexibility index (Phi) is 4.00. The molecule has 0 atom stereocenters. The number of methoxy groups -OCH3 is 1. The minimum atomic E-state index is 0.493. The van der Waals surface area contributed by atoms with Gasteiger partial charge in [0.1, 0.15) is 12.3 Å². The first-order valence-corrected chi connectivity index (χ1v) is 9.52. The molecule has 0 saturated carbocycles. The van der Waals surface area contributed by atoms with Gasteiger partial charge in [0.25, 0.3) is 0 Å². The van der Waals surface area contributed by atoms with Crippen LogP contribution in [0.2, 0.25) is 0 Å². The number of rotatable bonds is 5. The number of H-pyrrole nitrogens is 1. The average Bonchev–Trinajstić information content (AvgIpc) is 3.21. The quantitative estimate of drug-likeness (QED) is 0.733. The van der Waals surface area contributed by atoms with E-state index in [2.05, 4.69) is 28.2 Å². The zero-order chi connectivity index (χ0) is 18.2. The predicted molar refractivity (Wildman–Crippen MR) is 106 cm³/mol. The largest absolute Gasteiger partial charge is 0.493 e. The van der Waals surface area contributed by atoms with Crippen molar-refractivity contribution < 1.29 is 9.47 Å². The average molecular weight is 361 g/mol. The second kappa shape index (κ2) is 6.65. The van der Waals surface area contributed by atoms with E-state index in [0.29, 0.717) is 12.5 Å². The second-order valence-corrected chi connectivity index (χ2v) is 7.21. The first kappa shape index (κ1) is 16.2. The highest BCUT2D eigenvalue weighted by Crippen LogP contribution is 2.48. The first-order valence-electron chi connectivity index (χ1n) is 9.52. The fourth-order valence-electron chi connectivity index (χ4n) is 4.28. The van der Waals surface area contributed by atoms with E-state index in [-0.39, 0.29) is 0 Å². The molecule has 2 aromatic carbocycles. The number of para-hydroxylation sites is 1. The van der Waals surface area contributed by atoms with E-state index in [0.717, 1.165) is 41.4 Å². The number of hydrogen-bond acceptors (Lipinski definition) is 4. The number of benzene rings is 2. The highest BCUT2D eigenvalue weighted by molar-refractivity contribution is 5.83. The molecule has 4 heterocycles. The summed E-state index contributed by atoms with van der Waals surface area (Å²) < 4.78 is 11.8. The van der Waals surface area contributed by atoms with Crippen LogP contribution in [0.25, 0.3) is 11.3 Å². The molecule has 5 heteroatoms. The molecular formula is C22H23N3O2. The lowest BCUT2D eigenvalue weighted by Crippen LogP contribution is -2.38. The predicted octanol–water partition coefficient (Wildman–Crippen LogP) is 4.36. The molecule has 0 spiro atoms. The molecule has 1 saturated heterocycles. The van der Waals surface area contributed by atoms with Crippen LogP contribution in [0.4, 0.5) is 5.69 Å². The van der Waals surface area contributed by atoms with Crippen molar-refractivity contribution in [2.24, 2.45) is 0 Å². The van der Waals surface area contributed by atoms with Crippen LogP contribution in [-0.2, 0) is 6.61 Å². The van der Waals surface area contributed by atoms with Crippen molar-refractivity contribution in [3.8, 4) is 22.8 Å². The van der Waals surface area contributed by atoms with Gasteiger partial charge in [0, 0.05) is 19.0 Å². The van der Waals surface area contributed by atoms with E-state index in [1.807, 2.05) is 30.3 Å². The van der Waals surface area contributed by atoms with Crippen LogP contribution in [0.3, 0.4) is 0 Å². The summed E-state index contributed by atoms with van der Waals surface area (Å²) in [7, 11) is 1.68. The third-order valence-corrected chi connectivity index (χ3v) is 5.67. The van der Waals surface area contributed by atoms with Gasteiger partial charge in [0.2, 0.25) is 0 Å². The Hall–Kier alpha value is -2.95. The van der Waals surface area contributed by atoms with Crippen LogP contribution < -0.4 is 14.4 Å². The smallest absolute Gasteiger partial charge is 0.171 e. The van der Waals surface area contributed by atoms with Gasteiger partial charge in [-0.25, -0.2) is 0 Å². The van der Waals surface area contributed by atoms with Gasteiger partial charge < -0.3 is 14.4 Å². The maximum atomic E-state index is 6.24. The molecule has 1 N–H and O–H groups in total. The molecule has 5 nitrogen and oxygen atoms in total. The van der Waals surface area contributed by atoms with Gasteiger partial charge in [-0.1, -0.05) is 36.4 Å². The van der Waals surface area contributed by atoms with E-state index in [9.17, 15) is 0 Å². The normalized spacial score (nSPS) is 15.7. The molecule has 2 bridgehead atoms. The number of anilines is 1. The number of aromatic amines is 1. The number of piperidine rings is 1. The molecule has 0 amide bonds. The van der Waals surface area contributed by atoms with Crippen molar-refractivity contribution in [2.75, 3.05) is 25.1 Å². The van der Waals surface area contributed by atoms with Gasteiger partial charge in [-0.3, -0.25) is 5.10 Å². The topological polar surface area (TPSA) is 50.4 Å². The van der Waals surface area contributed by atoms with E-state index in [4.69, 9.17) is 14.6 Å². The van der Waals surface area contributed by atoms with Gasteiger partial charge in [-0.2, -0.15) is 5.10 Å². The lowest BCUT2D eigenvalue weighted by molar-refractivity contribution is 0.286. The zero-order valence-electron chi connectivity index (χ0n) is 15.4. The first-order chi connectivity index (χ1) is 13.3. The van der Waals surface area contributed by atoms with Crippen LogP contribution in [0.15, 0.2) is 48.5 Å². The van der Waals surface area contributed by atoms with Crippen molar-refractivity contribution in [1.82, 2.24) is 10.2 Å². The summed E-state index contributed by atoms with van der Waals surface area (Å²) in [5.41, 5.74) is 5.60. The van der Waals surface area contributed by atoms with E-state index in [1.54, 1.807) is 7.11 Å². The zero-order valence-corrected chi connectivity index (χ0v) is 15.4. The van der Waals surface area contributed by atoms with Gasteiger partial charge >= 0.3 is 0 Å². The Morgan fingerprint density at radius 1 is 1.07 bits per heavy atom. The highest BCUT2D eigenvalue weighted by atomic mass is 16.5. The second-order valence-electron chi connectivity index (χ2n) is 7.21. The molecule has 27 heavy (non-hydrogen) atoms. The monoisotopic (exact) mass is 361 g/mol. The van der Waals surface area contributed by atoms with Crippen molar-refractivity contribution in [1.29, 1.82) is 0 Å². The highest BCUT2D eigenvalue weighted by Gasteiger charge is 2.36. The maximum absolute atomic E-state index is 6.24. The Bertz CT molecular complexity index is 943. The van der Waals surface area contributed by atoms with E-state index < -0.39 is 0 Å². The molecule has 3 aliphatic rings.